The van der Waals surface area contributed by atoms with Gasteiger partial charge in [-0.15, -0.1) is 9.24 Å². The van der Waals surface area contributed by atoms with Gasteiger partial charge in [-0.2, -0.15) is 0 Å². The average molecular weight is 344 g/mol. The van der Waals surface area contributed by atoms with Gasteiger partial charge in [0.15, 0.2) is 0 Å². The van der Waals surface area contributed by atoms with Gasteiger partial charge in [0.25, 0.3) is 0 Å². The largest absolute Gasteiger partial charge is 0.496 e. The summed E-state index contributed by atoms with van der Waals surface area (Å²) >= 11 is 0. The van der Waals surface area contributed by atoms with Gasteiger partial charge in [-0.3, -0.25) is 0 Å². The first kappa shape index (κ1) is 18.8. The minimum Gasteiger partial charge on any atom is -0.496 e. The van der Waals surface area contributed by atoms with E-state index in [9.17, 15) is 0 Å². The molecule has 130 valence electrons. The first-order chi connectivity index (χ1) is 11.6. The minimum atomic E-state index is 0.133. The summed E-state index contributed by atoms with van der Waals surface area (Å²) in [5.41, 5.74) is 2.97. The molecule has 2 unspecified atom stereocenters. The first-order valence-electron chi connectivity index (χ1n) is 8.62. The lowest BCUT2D eigenvalue weighted by Crippen LogP contribution is -2.28. The summed E-state index contributed by atoms with van der Waals surface area (Å²) in [6.07, 6.45) is 3.16. The fourth-order valence-electron chi connectivity index (χ4n) is 3.53. The number of para-hydroxylation sites is 2. The molecule has 0 aliphatic carbocycles. The van der Waals surface area contributed by atoms with Gasteiger partial charge < -0.3 is 9.47 Å². The van der Waals surface area contributed by atoms with Crippen LogP contribution in [-0.2, 0) is 6.42 Å². The summed E-state index contributed by atoms with van der Waals surface area (Å²) in [6, 6.07) is 16.7. The summed E-state index contributed by atoms with van der Waals surface area (Å²) in [6.45, 7) is 4.57. The molecule has 0 heterocycles. The lowest BCUT2D eigenvalue weighted by Gasteiger charge is -2.39. The second kappa shape index (κ2) is 8.53. The molecular weight excluding hydrogens is 315 g/mol. The molecule has 3 heteroatoms. The smallest absolute Gasteiger partial charge is 0.122 e. The van der Waals surface area contributed by atoms with Crippen LogP contribution in [0.1, 0.15) is 43.5 Å². The zero-order chi connectivity index (χ0) is 17.6. The van der Waals surface area contributed by atoms with E-state index in [4.69, 9.17) is 9.47 Å². The minimum absolute atomic E-state index is 0.133. The van der Waals surface area contributed by atoms with E-state index in [-0.39, 0.29) is 5.41 Å². The van der Waals surface area contributed by atoms with Crippen LogP contribution >= 0.6 is 9.24 Å². The van der Waals surface area contributed by atoms with Gasteiger partial charge in [-0.05, 0) is 42.4 Å². The average Bonchev–Trinajstić information content (AvgIpc) is 2.65. The molecule has 2 aromatic rings. The number of methoxy groups -OCH3 is 2. The normalized spacial score (nSPS) is 12.7. The molecule has 2 atom stereocenters. The number of benzene rings is 2. The highest BCUT2D eigenvalue weighted by Gasteiger charge is 2.36. The zero-order valence-electron chi connectivity index (χ0n) is 15.2. The SMILES string of the molecule is CCC(CC)(Cc1ccccc1OC)C(P)c1ccccc1OC. The fraction of sp³-hybridized carbons (Fsp3) is 0.429. The Kier molecular flexibility index (Phi) is 6.69. The van der Waals surface area contributed by atoms with E-state index in [1.165, 1.54) is 11.1 Å². The fourth-order valence-corrected chi connectivity index (χ4v) is 4.40. The Bertz CT molecular complexity index is 650. The Hall–Kier alpha value is -1.53. The molecule has 0 aliphatic heterocycles. The van der Waals surface area contributed by atoms with Gasteiger partial charge in [0, 0.05) is 11.2 Å². The van der Waals surface area contributed by atoms with Crippen molar-refractivity contribution in [3.8, 4) is 11.5 Å². The zero-order valence-corrected chi connectivity index (χ0v) is 16.4. The molecule has 0 saturated heterocycles. The maximum Gasteiger partial charge on any atom is 0.122 e. The molecular formula is C21H29O2P. The van der Waals surface area contributed by atoms with Gasteiger partial charge in [0.1, 0.15) is 11.5 Å². The molecule has 0 saturated carbocycles. The molecule has 0 N–H and O–H groups in total. The summed E-state index contributed by atoms with van der Waals surface area (Å²) in [7, 11) is 6.57. The standard InChI is InChI=1S/C21H29O2P/c1-5-21(6-2,15-16-11-7-9-13-18(16)22-3)20(24)17-12-8-10-14-19(17)23-4/h7-14,20H,5-6,15,24H2,1-4H3. The van der Waals surface area contributed by atoms with Crippen molar-refractivity contribution < 1.29 is 9.47 Å². The van der Waals surface area contributed by atoms with E-state index in [1.54, 1.807) is 14.2 Å². The Balaban J connectivity index is 2.43. The Labute approximate surface area is 148 Å². The number of hydrogen-bond donors (Lipinski definition) is 0. The predicted molar refractivity (Wildman–Crippen MR) is 105 cm³/mol. The van der Waals surface area contributed by atoms with E-state index < -0.39 is 0 Å². The monoisotopic (exact) mass is 344 g/mol. The van der Waals surface area contributed by atoms with Gasteiger partial charge in [-0.25, -0.2) is 0 Å². The number of hydrogen-bond acceptors (Lipinski definition) is 2. The second-order valence-corrected chi connectivity index (χ2v) is 6.94. The molecule has 24 heavy (non-hydrogen) atoms. The van der Waals surface area contributed by atoms with E-state index in [2.05, 4.69) is 47.4 Å². The summed E-state index contributed by atoms with van der Waals surface area (Å²) in [5.74, 6) is 1.94. The Morgan fingerprint density at radius 1 is 0.875 bits per heavy atom. The molecule has 0 fully saturated rings. The lowest BCUT2D eigenvalue weighted by atomic mass is 9.71. The van der Waals surface area contributed by atoms with Crippen LogP contribution in [0, 0.1) is 5.41 Å². The van der Waals surface area contributed by atoms with Gasteiger partial charge in [0.2, 0.25) is 0 Å². The van der Waals surface area contributed by atoms with Crippen molar-refractivity contribution in [2.75, 3.05) is 14.2 Å². The Morgan fingerprint density at radius 2 is 1.42 bits per heavy atom. The maximum absolute atomic E-state index is 5.61. The third kappa shape index (κ3) is 3.75. The molecule has 0 spiro atoms. The molecule has 0 aliphatic rings. The highest BCUT2D eigenvalue weighted by atomic mass is 31.0. The van der Waals surface area contributed by atoms with Crippen molar-refractivity contribution in [2.45, 2.75) is 38.8 Å². The van der Waals surface area contributed by atoms with Crippen molar-refractivity contribution in [1.82, 2.24) is 0 Å². The topological polar surface area (TPSA) is 18.5 Å². The molecule has 2 rings (SSSR count). The molecule has 0 amide bonds. The summed E-state index contributed by atoms with van der Waals surface area (Å²) in [4.78, 5) is 0. The molecule has 2 aromatic carbocycles. The van der Waals surface area contributed by atoms with Crippen LogP contribution in [0.5, 0.6) is 11.5 Å². The van der Waals surface area contributed by atoms with Gasteiger partial charge >= 0.3 is 0 Å². The Morgan fingerprint density at radius 3 is 2.00 bits per heavy atom. The van der Waals surface area contributed by atoms with Crippen LogP contribution in [0.3, 0.4) is 0 Å². The van der Waals surface area contributed by atoms with Crippen molar-refractivity contribution in [1.29, 1.82) is 0 Å². The predicted octanol–water partition coefficient (Wildman–Crippen LogP) is 5.67. The van der Waals surface area contributed by atoms with Gasteiger partial charge in [-0.1, -0.05) is 50.2 Å². The van der Waals surface area contributed by atoms with Crippen LogP contribution in [0.4, 0.5) is 0 Å². The lowest BCUT2D eigenvalue weighted by molar-refractivity contribution is 0.243. The molecule has 0 bridgehead atoms. The number of ether oxygens (including phenoxy) is 2. The van der Waals surface area contributed by atoms with Crippen LogP contribution < -0.4 is 9.47 Å². The van der Waals surface area contributed by atoms with E-state index >= 15 is 0 Å². The highest BCUT2D eigenvalue weighted by molar-refractivity contribution is 7.17. The number of rotatable bonds is 8. The van der Waals surface area contributed by atoms with Crippen molar-refractivity contribution >= 4 is 9.24 Å². The van der Waals surface area contributed by atoms with Crippen LogP contribution in [0.15, 0.2) is 48.5 Å². The quantitative estimate of drug-likeness (QED) is 0.575. The second-order valence-electron chi connectivity index (χ2n) is 6.28. The molecule has 2 nitrogen and oxygen atoms in total. The van der Waals surface area contributed by atoms with E-state index in [0.717, 1.165) is 30.8 Å². The summed E-state index contributed by atoms with van der Waals surface area (Å²) < 4.78 is 11.2. The highest BCUT2D eigenvalue weighted by Crippen LogP contribution is 2.51. The summed E-state index contributed by atoms with van der Waals surface area (Å²) in [5, 5.41) is 0. The van der Waals surface area contributed by atoms with E-state index in [1.807, 2.05) is 24.3 Å². The third-order valence-electron chi connectivity index (χ3n) is 5.28. The van der Waals surface area contributed by atoms with Crippen LogP contribution in [0.2, 0.25) is 0 Å². The first-order valence-corrected chi connectivity index (χ1v) is 9.29. The molecule has 0 radical (unpaired) electrons. The van der Waals surface area contributed by atoms with Crippen molar-refractivity contribution in [3.63, 3.8) is 0 Å². The van der Waals surface area contributed by atoms with Crippen molar-refractivity contribution in [3.05, 3.63) is 59.7 Å². The van der Waals surface area contributed by atoms with Gasteiger partial charge in [0.05, 0.1) is 14.2 Å². The van der Waals surface area contributed by atoms with Crippen LogP contribution in [0.25, 0.3) is 0 Å². The van der Waals surface area contributed by atoms with Crippen LogP contribution in [-0.4, -0.2) is 14.2 Å². The van der Waals surface area contributed by atoms with E-state index in [0.29, 0.717) is 5.66 Å². The maximum atomic E-state index is 5.61. The molecule has 0 aromatic heterocycles. The van der Waals surface area contributed by atoms with Crippen molar-refractivity contribution in [2.24, 2.45) is 5.41 Å². The third-order valence-corrected chi connectivity index (χ3v) is 6.34.